The van der Waals surface area contributed by atoms with Crippen molar-refractivity contribution in [2.24, 2.45) is 17.1 Å². The van der Waals surface area contributed by atoms with Crippen molar-refractivity contribution in [2.45, 2.75) is 32.6 Å². The summed E-state index contributed by atoms with van der Waals surface area (Å²) in [6, 6.07) is 0. The van der Waals surface area contributed by atoms with Gasteiger partial charge in [0.2, 0.25) is 0 Å². The first-order valence-electron chi connectivity index (χ1n) is 7.08. The Bertz CT molecular complexity index is 368. The highest BCUT2D eigenvalue weighted by atomic mass is 32.2. The van der Waals surface area contributed by atoms with Crippen LogP contribution in [0.5, 0.6) is 0 Å². The van der Waals surface area contributed by atoms with E-state index >= 15 is 0 Å². The summed E-state index contributed by atoms with van der Waals surface area (Å²) in [5.74, 6) is 1.41. The van der Waals surface area contributed by atoms with Gasteiger partial charge in [-0.25, -0.2) is 8.42 Å². The minimum absolute atomic E-state index is 0.235. The summed E-state index contributed by atoms with van der Waals surface area (Å²) < 4.78 is 22.9. The van der Waals surface area contributed by atoms with Gasteiger partial charge < -0.3 is 10.6 Å². The molecule has 0 bridgehead atoms. The van der Waals surface area contributed by atoms with Crippen molar-refractivity contribution in [1.82, 2.24) is 4.90 Å². The van der Waals surface area contributed by atoms with Crippen LogP contribution in [0.2, 0.25) is 0 Å². The minimum atomic E-state index is -2.77. The van der Waals surface area contributed by atoms with Crippen LogP contribution in [0.4, 0.5) is 0 Å². The van der Waals surface area contributed by atoms with Gasteiger partial charge in [0.1, 0.15) is 0 Å². The van der Waals surface area contributed by atoms with E-state index in [2.05, 4.69) is 11.8 Å². The lowest BCUT2D eigenvalue weighted by Gasteiger charge is -2.43. The van der Waals surface area contributed by atoms with Crippen LogP contribution in [-0.2, 0) is 9.84 Å². The predicted octanol–water partition coefficient (Wildman–Crippen LogP) is 0.872. The van der Waals surface area contributed by atoms with Crippen molar-refractivity contribution >= 4 is 9.84 Å². The standard InChI is InChI=1S/C13H26N2O2S/c1-12-3-2-4-13(9-12,10-14)11-15-5-7-18(16,17)8-6-15/h12H,2-11,14H2,1H3. The number of hydrogen-bond donors (Lipinski definition) is 1. The van der Waals surface area contributed by atoms with Gasteiger partial charge in [0, 0.05) is 19.6 Å². The van der Waals surface area contributed by atoms with Crippen LogP contribution in [0.25, 0.3) is 0 Å². The molecule has 2 aliphatic rings. The van der Waals surface area contributed by atoms with Gasteiger partial charge in [0.15, 0.2) is 9.84 Å². The molecule has 1 aliphatic carbocycles. The van der Waals surface area contributed by atoms with E-state index in [0.29, 0.717) is 24.6 Å². The molecule has 2 atom stereocenters. The van der Waals surface area contributed by atoms with Crippen LogP contribution in [0, 0.1) is 11.3 Å². The van der Waals surface area contributed by atoms with Crippen molar-refractivity contribution < 1.29 is 8.42 Å². The Labute approximate surface area is 111 Å². The smallest absolute Gasteiger partial charge is 0.152 e. The Morgan fingerprint density at radius 3 is 2.56 bits per heavy atom. The van der Waals surface area contributed by atoms with E-state index in [4.69, 9.17) is 5.73 Å². The van der Waals surface area contributed by atoms with Gasteiger partial charge in [-0.2, -0.15) is 0 Å². The van der Waals surface area contributed by atoms with E-state index in [0.717, 1.165) is 19.0 Å². The monoisotopic (exact) mass is 274 g/mol. The quantitative estimate of drug-likeness (QED) is 0.829. The van der Waals surface area contributed by atoms with Crippen LogP contribution in [0.3, 0.4) is 0 Å². The Hall–Kier alpha value is -0.130. The molecule has 0 aromatic rings. The molecule has 2 N–H and O–H groups in total. The van der Waals surface area contributed by atoms with E-state index < -0.39 is 9.84 Å². The number of sulfone groups is 1. The van der Waals surface area contributed by atoms with Crippen molar-refractivity contribution in [1.29, 1.82) is 0 Å². The van der Waals surface area contributed by atoms with E-state index in [1.54, 1.807) is 0 Å². The zero-order valence-electron chi connectivity index (χ0n) is 11.4. The molecule has 2 unspecified atom stereocenters. The van der Waals surface area contributed by atoms with Gasteiger partial charge in [0.05, 0.1) is 11.5 Å². The first-order valence-corrected chi connectivity index (χ1v) is 8.90. The molecule has 0 aromatic carbocycles. The molecule has 2 rings (SSSR count). The number of hydrogen-bond acceptors (Lipinski definition) is 4. The molecular formula is C13H26N2O2S. The Balaban J connectivity index is 1.94. The van der Waals surface area contributed by atoms with E-state index in [-0.39, 0.29) is 5.41 Å². The second-order valence-electron chi connectivity index (χ2n) is 6.33. The summed E-state index contributed by atoms with van der Waals surface area (Å²) in [4.78, 5) is 2.31. The summed E-state index contributed by atoms with van der Waals surface area (Å²) >= 11 is 0. The predicted molar refractivity (Wildman–Crippen MR) is 74.2 cm³/mol. The second kappa shape index (κ2) is 5.47. The Kier molecular flexibility index (Phi) is 4.34. The number of nitrogens with two attached hydrogens (primary N) is 1. The van der Waals surface area contributed by atoms with Crippen molar-refractivity contribution in [3.05, 3.63) is 0 Å². The van der Waals surface area contributed by atoms with Crippen LogP contribution in [0.15, 0.2) is 0 Å². The van der Waals surface area contributed by atoms with Crippen molar-refractivity contribution in [3.63, 3.8) is 0 Å². The lowest BCUT2D eigenvalue weighted by Crippen LogP contribution is -2.49. The third-order valence-corrected chi connectivity index (χ3v) is 6.22. The average Bonchev–Trinajstić information content (AvgIpc) is 2.32. The molecule has 18 heavy (non-hydrogen) atoms. The molecule has 1 saturated carbocycles. The van der Waals surface area contributed by atoms with Crippen LogP contribution >= 0.6 is 0 Å². The number of nitrogens with zero attached hydrogens (tertiary/aromatic N) is 1. The van der Waals surface area contributed by atoms with Gasteiger partial charge >= 0.3 is 0 Å². The molecule has 0 radical (unpaired) electrons. The third-order valence-electron chi connectivity index (χ3n) is 4.61. The molecule has 0 amide bonds. The van der Waals surface area contributed by atoms with Crippen LogP contribution in [0.1, 0.15) is 32.6 Å². The second-order valence-corrected chi connectivity index (χ2v) is 8.64. The van der Waals surface area contributed by atoms with E-state index in [9.17, 15) is 8.42 Å². The highest BCUT2D eigenvalue weighted by Gasteiger charge is 2.36. The van der Waals surface area contributed by atoms with Gasteiger partial charge in [-0.1, -0.05) is 19.8 Å². The zero-order chi connectivity index (χ0) is 13.2. The molecular weight excluding hydrogens is 248 g/mol. The lowest BCUT2D eigenvalue weighted by atomic mass is 9.69. The van der Waals surface area contributed by atoms with Gasteiger partial charge in [-0.15, -0.1) is 0 Å². The summed E-state index contributed by atoms with van der Waals surface area (Å²) in [5, 5.41) is 0. The van der Waals surface area contributed by atoms with Gasteiger partial charge in [-0.3, -0.25) is 0 Å². The molecule has 5 heteroatoms. The van der Waals surface area contributed by atoms with Gasteiger partial charge in [-0.05, 0) is 30.7 Å². The summed E-state index contributed by atoms with van der Waals surface area (Å²) in [5.41, 5.74) is 6.26. The van der Waals surface area contributed by atoms with E-state index in [1.165, 1.54) is 25.7 Å². The molecule has 0 aromatic heterocycles. The fourth-order valence-corrected chi connectivity index (χ4v) is 4.82. The third kappa shape index (κ3) is 3.45. The zero-order valence-corrected chi connectivity index (χ0v) is 12.2. The summed E-state index contributed by atoms with van der Waals surface area (Å²) in [6.07, 6.45) is 4.99. The lowest BCUT2D eigenvalue weighted by molar-refractivity contribution is 0.0926. The summed E-state index contributed by atoms with van der Waals surface area (Å²) in [7, 11) is -2.77. The highest BCUT2D eigenvalue weighted by molar-refractivity contribution is 7.91. The van der Waals surface area contributed by atoms with Crippen molar-refractivity contribution in [3.8, 4) is 0 Å². The molecule has 2 fully saturated rings. The minimum Gasteiger partial charge on any atom is -0.330 e. The highest BCUT2D eigenvalue weighted by Crippen LogP contribution is 2.39. The topological polar surface area (TPSA) is 63.4 Å². The molecule has 1 heterocycles. The molecule has 1 aliphatic heterocycles. The van der Waals surface area contributed by atoms with Crippen molar-refractivity contribution in [2.75, 3.05) is 37.7 Å². The number of rotatable bonds is 3. The largest absolute Gasteiger partial charge is 0.330 e. The van der Waals surface area contributed by atoms with E-state index in [1.807, 2.05) is 0 Å². The fourth-order valence-electron chi connectivity index (χ4n) is 3.55. The maximum atomic E-state index is 11.4. The average molecular weight is 274 g/mol. The van der Waals surface area contributed by atoms with Crippen LogP contribution < -0.4 is 5.73 Å². The normalized spacial score (nSPS) is 37.6. The molecule has 1 saturated heterocycles. The van der Waals surface area contributed by atoms with Crippen LogP contribution in [-0.4, -0.2) is 51.0 Å². The maximum Gasteiger partial charge on any atom is 0.152 e. The van der Waals surface area contributed by atoms with Gasteiger partial charge in [0.25, 0.3) is 0 Å². The fraction of sp³-hybridized carbons (Fsp3) is 1.00. The Morgan fingerprint density at radius 2 is 2.00 bits per heavy atom. The SMILES string of the molecule is CC1CCCC(CN)(CN2CCS(=O)(=O)CC2)C1. The molecule has 106 valence electrons. The Morgan fingerprint density at radius 1 is 1.33 bits per heavy atom. The first-order chi connectivity index (χ1) is 8.45. The maximum absolute atomic E-state index is 11.4. The molecule has 0 spiro atoms. The summed E-state index contributed by atoms with van der Waals surface area (Å²) in [6.45, 7) is 5.42. The first kappa shape index (κ1) is 14.3. The molecule has 4 nitrogen and oxygen atoms in total.